The summed E-state index contributed by atoms with van der Waals surface area (Å²) in [6.07, 6.45) is 3.12. The number of nitrogens with zero attached hydrogens (tertiary/aromatic N) is 3. The molecule has 2 fully saturated rings. The van der Waals surface area contributed by atoms with Crippen LogP contribution in [-0.4, -0.2) is 85.6 Å². The fraction of sp³-hybridized carbons (Fsp3) is 0.577. The number of hydrogen-bond donors (Lipinski definition) is 1. The number of likely N-dealkylation sites (N-methyl/N-ethyl adjacent to an activating group) is 1. The van der Waals surface area contributed by atoms with E-state index in [-0.39, 0.29) is 30.5 Å². The number of piperazine rings is 1. The zero-order valence-electron chi connectivity index (χ0n) is 21.1. The summed E-state index contributed by atoms with van der Waals surface area (Å²) in [5, 5.41) is 2.95. The molecule has 1 saturated heterocycles. The lowest BCUT2D eigenvalue weighted by atomic mass is 9.84. The molecule has 2 unspecified atom stereocenters. The largest absolute Gasteiger partial charge is 0.497 e. The van der Waals surface area contributed by atoms with Crippen LogP contribution in [0.3, 0.4) is 0 Å². The van der Waals surface area contributed by atoms with Crippen LogP contribution in [0, 0.1) is 5.92 Å². The monoisotopic (exact) mass is 484 g/mol. The minimum atomic E-state index is -0.651. The van der Waals surface area contributed by atoms with Crippen LogP contribution in [0.1, 0.15) is 44.7 Å². The highest BCUT2D eigenvalue weighted by molar-refractivity contribution is 5.95. The van der Waals surface area contributed by atoms with Crippen molar-refractivity contribution in [3.63, 3.8) is 0 Å². The summed E-state index contributed by atoms with van der Waals surface area (Å²) in [7, 11) is 3.25. The molecule has 1 aliphatic carbocycles. The molecule has 0 bridgehead atoms. The van der Waals surface area contributed by atoms with Crippen LogP contribution in [0.4, 0.5) is 4.79 Å². The molecule has 35 heavy (non-hydrogen) atoms. The number of carbonyl (C=O) groups is 3. The van der Waals surface area contributed by atoms with Gasteiger partial charge in [0.15, 0.2) is 0 Å². The van der Waals surface area contributed by atoms with Gasteiger partial charge in [-0.2, -0.15) is 0 Å². The van der Waals surface area contributed by atoms with Gasteiger partial charge in [0.05, 0.1) is 25.3 Å². The molecule has 0 aromatic heterocycles. The van der Waals surface area contributed by atoms with Crippen molar-refractivity contribution < 1.29 is 23.9 Å². The number of urea groups is 1. The van der Waals surface area contributed by atoms with Crippen molar-refractivity contribution in [3.8, 4) is 5.75 Å². The molecule has 3 aliphatic rings. The summed E-state index contributed by atoms with van der Waals surface area (Å²) in [4.78, 5) is 44.7. The third-order valence-corrected chi connectivity index (χ3v) is 7.32. The molecule has 190 valence electrons. The smallest absolute Gasteiger partial charge is 0.338 e. The lowest BCUT2D eigenvalue weighted by Gasteiger charge is -2.44. The van der Waals surface area contributed by atoms with Crippen LogP contribution in [-0.2, 0) is 14.3 Å². The van der Waals surface area contributed by atoms with E-state index in [4.69, 9.17) is 9.47 Å². The topological polar surface area (TPSA) is 91.4 Å². The quantitative estimate of drug-likeness (QED) is 0.598. The lowest BCUT2D eigenvalue weighted by molar-refractivity contribution is -0.142. The van der Waals surface area contributed by atoms with Crippen LogP contribution in [0.5, 0.6) is 5.75 Å². The van der Waals surface area contributed by atoms with Gasteiger partial charge in [-0.3, -0.25) is 14.6 Å². The molecule has 2 heterocycles. The number of carbonyl (C=O) groups excluding carboxylic acids is 3. The Morgan fingerprint density at radius 3 is 2.60 bits per heavy atom. The Hall–Kier alpha value is -3.07. The summed E-state index contributed by atoms with van der Waals surface area (Å²) in [5.74, 6) is 0.636. The average molecular weight is 485 g/mol. The van der Waals surface area contributed by atoms with E-state index in [1.807, 2.05) is 29.2 Å². The first kappa shape index (κ1) is 25.0. The molecule has 0 radical (unpaired) electrons. The zero-order chi connectivity index (χ0) is 25.1. The molecule has 1 aromatic rings. The predicted molar refractivity (Wildman–Crippen MR) is 131 cm³/mol. The summed E-state index contributed by atoms with van der Waals surface area (Å²) < 4.78 is 10.8. The SMILES string of the molecule is CCOC(=O)C1=C(CN2CCN(C(=O)C3CCC3)C(C)C2)N(C)C(=O)NC1c1cccc(OC)c1. The first-order valence-corrected chi connectivity index (χ1v) is 12.4. The second-order valence-corrected chi connectivity index (χ2v) is 9.54. The number of benzene rings is 1. The third-order valence-electron chi connectivity index (χ3n) is 7.32. The average Bonchev–Trinajstić information content (AvgIpc) is 2.80. The Morgan fingerprint density at radius 2 is 1.97 bits per heavy atom. The molecule has 3 amide bonds. The second kappa shape index (κ2) is 10.7. The molecular formula is C26H36N4O5. The molecule has 2 aliphatic heterocycles. The summed E-state index contributed by atoms with van der Waals surface area (Å²) >= 11 is 0. The summed E-state index contributed by atoms with van der Waals surface area (Å²) in [5.41, 5.74) is 1.78. The number of amides is 3. The maximum atomic E-state index is 13.2. The van der Waals surface area contributed by atoms with Crippen molar-refractivity contribution >= 4 is 17.9 Å². The van der Waals surface area contributed by atoms with Gasteiger partial charge in [-0.05, 0) is 44.4 Å². The molecule has 2 atom stereocenters. The zero-order valence-corrected chi connectivity index (χ0v) is 21.1. The second-order valence-electron chi connectivity index (χ2n) is 9.54. The number of ether oxygens (including phenoxy) is 2. The van der Waals surface area contributed by atoms with Crippen molar-refractivity contribution in [3.05, 3.63) is 41.1 Å². The van der Waals surface area contributed by atoms with Crippen molar-refractivity contribution in [2.75, 3.05) is 46.9 Å². The minimum Gasteiger partial charge on any atom is -0.497 e. The van der Waals surface area contributed by atoms with Crippen LogP contribution in [0.15, 0.2) is 35.5 Å². The summed E-state index contributed by atoms with van der Waals surface area (Å²) in [6.45, 7) is 6.49. The number of esters is 1. The van der Waals surface area contributed by atoms with E-state index in [2.05, 4.69) is 17.1 Å². The minimum absolute atomic E-state index is 0.0698. The first-order chi connectivity index (χ1) is 16.8. The Bertz CT molecular complexity index is 1010. The molecule has 9 heteroatoms. The maximum absolute atomic E-state index is 13.2. The van der Waals surface area contributed by atoms with Gasteiger partial charge in [0.25, 0.3) is 0 Å². The molecule has 1 aromatic carbocycles. The fourth-order valence-electron chi connectivity index (χ4n) is 5.07. The normalized spacial score (nSPS) is 23.6. The van der Waals surface area contributed by atoms with Gasteiger partial charge in [0.2, 0.25) is 5.91 Å². The van der Waals surface area contributed by atoms with E-state index < -0.39 is 12.0 Å². The number of methoxy groups -OCH3 is 1. The van der Waals surface area contributed by atoms with Gasteiger partial charge in [0.1, 0.15) is 5.75 Å². The molecule has 1 N–H and O–H groups in total. The maximum Gasteiger partial charge on any atom is 0.338 e. The fourth-order valence-corrected chi connectivity index (χ4v) is 5.07. The van der Waals surface area contributed by atoms with E-state index in [9.17, 15) is 14.4 Å². The Morgan fingerprint density at radius 1 is 1.20 bits per heavy atom. The number of rotatable bonds is 7. The molecule has 0 spiro atoms. The highest BCUT2D eigenvalue weighted by Crippen LogP contribution is 2.34. The van der Waals surface area contributed by atoms with Gasteiger partial charge in [-0.15, -0.1) is 0 Å². The number of nitrogens with one attached hydrogen (secondary N) is 1. The van der Waals surface area contributed by atoms with E-state index in [0.717, 1.165) is 24.8 Å². The lowest BCUT2D eigenvalue weighted by Crippen LogP contribution is -2.57. The van der Waals surface area contributed by atoms with Gasteiger partial charge in [-0.25, -0.2) is 9.59 Å². The standard InChI is InChI=1S/C26H36N4O5/c1-5-35-25(32)22-21(16-29-12-13-30(17(2)15-29)24(31)18-8-6-9-18)28(3)26(33)27-23(22)19-10-7-11-20(14-19)34-4/h7,10-11,14,17-18,23H,5-6,8-9,12-13,15-16H2,1-4H3,(H,27,33). The predicted octanol–water partition coefficient (Wildman–Crippen LogP) is 2.54. The van der Waals surface area contributed by atoms with Crippen molar-refractivity contribution in [2.24, 2.45) is 5.92 Å². The van der Waals surface area contributed by atoms with E-state index in [0.29, 0.717) is 43.2 Å². The molecule has 9 nitrogen and oxygen atoms in total. The van der Waals surface area contributed by atoms with Crippen LogP contribution in [0.25, 0.3) is 0 Å². The van der Waals surface area contributed by atoms with E-state index in [1.165, 1.54) is 4.90 Å². The van der Waals surface area contributed by atoms with Gasteiger partial charge >= 0.3 is 12.0 Å². The molecule has 4 rings (SSSR count). The van der Waals surface area contributed by atoms with Crippen LogP contribution >= 0.6 is 0 Å². The van der Waals surface area contributed by atoms with Gasteiger partial charge < -0.3 is 19.7 Å². The van der Waals surface area contributed by atoms with Gasteiger partial charge in [0, 0.05) is 50.9 Å². The summed E-state index contributed by atoms with van der Waals surface area (Å²) in [6, 6.07) is 6.47. The Balaban J connectivity index is 1.61. The Labute approximate surface area is 207 Å². The highest BCUT2D eigenvalue weighted by atomic mass is 16.5. The highest BCUT2D eigenvalue weighted by Gasteiger charge is 2.39. The van der Waals surface area contributed by atoms with Crippen molar-refractivity contribution in [1.82, 2.24) is 20.0 Å². The van der Waals surface area contributed by atoms with Crippen LogP contribution < -0.4 is 10.1 Å². The third kappa shape index (κ3) is 5.15. The van der Waals surface area contributed by atoms with Crippen LogP contribution in [0.2, 0.25) is 0 Å². The molecular weight excluding hydrogens is 448 g/mol. The van der Waals surface area contributed by atoms with E-state index >= 15 is 0 Å². The molecule has 1 saturated carbocycles. The van der Waals surface area contributed by atoms with Crippen molar-refractivity contribution in [1.29, 1.82) is 0 Å². The number of hydrogen-bond acceptors (Lipinski definition) is 6. The van der Waals surface area contributed by atoms with Crippen molar-refractivity contribution in [2.45, 2.75) is 45.2 Å². The van der Waals surface area contributed by atoms with E-state index in [1.54, 1.807) is 21.1 Å². The van der Waals surface area contributed by atoms with Gasteiger partial charge in [-0.1, -0.05) is 18.6 Å². The Kier molecular flexibility index (Phi) is 7.64. The first-order valence-electron chi connectivity index (χ1n) is 12.4.